The van der Waals surface area contributed by atoms with E-state index in [0.29, 0.717) is 19.3 Å². The molecule has 3 nitrogen and oxygen atoms in total. The van der Waals surface area contributed by atoms with Gasteiger partial charge in [-0.15, -0.1) is 6.58 Å². The summed E-state index contributed by atoms with van der Waals surface area (Å²) in [6.45, 7) is 3.41. The zero-order valence-corrected chi connectivity index (χ0v) is 10.2. The molecule has 0 heterocycles. The average molecular weight is 272 g/mol. The smallest absolute Gasteiger partial charge is 0.324 e. The SMILES string of the molecule is C=CC1CCCCC1(CC(F)(F)F)P(=O)(O)O. The lowest BCUT2D eigenvalue weighted by molar-refractivity contribution is -0.147. The average Bonchev–Trinajstić information content (AvgIpc) is 2.14. The summed E-state index contributed by atoms with van der Waals surface area (Å²) >= 11 is 0. The second kappa shape index (κ2) is 4.75. The van der Waals surface area contributed by atoms with Crippen LogP contribution in [0.3, 0.4) is 0 Å². The lowest BCUT2D eigenvalue weighted by atomic mass is 9.76. The molecule has 1 aliphatic carbocycles. The fourth-order valence-electron chi connectivity index (χ4n) is 2.62. The summed E-state index contributed by atoms with van der Waals surface area (Å²) in [5.41, 5.74) is 0. The van der Waals surface area contributed by atoms with Gasteiger partial charge in [-0.1, -0.05) is 18.9 Å². The van der Waals surface area contributed by atoms with Gasteiger partial charge in [0.2, 0.25) is 0 Å². The highest BCUT2D eigenvalue weighted by Gasteiger charge is 2.57. The molecule has 1 saturated carbocycles. The van der Waals surface area contributed by atoms with Crippen LogP contribution >= 0.6 is 7.60 Å². The first-order chi connectivity index (χ1) is 7.62. The van der Waals surface area contributed by atoms with Crippen molar-refractivity contribution in [3.63, 3.8) is 0 Å². The van der Waals surface area contributed by atoms with E-state index in [2.05, 4.69) is 6.58 Å². The van der Waals surface area contributed by atoms with Crippen LogP contribution in [0.2, 0.25) is 0 Å². The summed E-state index contributed by atoms with van der Waals surface area (Å²) in [6.07, 6.45) is -3.44. The van der Waals surface area contributed by atoms with Gasteiger partial charge in [0.25, 0.3) is 0 Å². The summed E-state index contributed by atoms with van der Waals surface area (Å²) in [6, 6.07) is 0. The van der Waals surface area contributed by atoms with Crippen molar-refractivity contribution >= 4 is 7.60 Å². The Balaban J connectivity index is 3.16. The molecule has 0 bridgehead atoms. The molecule has 0 spiro atoms. The summed E-state index contributed by atoms with van der Waals surface area (Å²) in [5, 5.41) is -2.01. The Morgan fingerprint density at radius 3 is 2.41 bits per heavy atom. The summed E-state index contributed by atoms with van der Waals surface area (Å²) in [7, 11) is -4.83. The van der Waals surface area contributed by atoms with Crippen LogP contribution in [0.25, 0.3) is 0 Å². The standard InChI is InChI=1S/C10H16F3O3P/c1-2-8-5-3-4-6-9(8,17(14,15)16)7-10(11,12)13/h2,8H,1,3-7H2,(H2,14,15,16). The molecular formula is C10H16F3O3P. The van der Waals surface area contributed by atoms with Gasteiger partial charge in [0.1, 0.15) is 0 Å². The van der Waals surface area contributed by atoms with Gasteiger partial charge in [-0.25, -0.2) is 0 Å². The molecule has 1 aliphatic rings. The van der Waals surface area contributed by atoms with Gasteiger partial charge in [0.15, 0.2) is 0 Å². The molecule has 0 aromatic rings. The van der Waals surface area contributed by atoms with Crippen molar-refractivity contribution in [1.29, 1.82) is 0 Å². The fraction of sp³-hybridized carbons (Fsp3) is 0.800. The van der Waals surface area contributed by atoms with Crippen molar-refractivity contribution < 1.29 is 27.5 Å². The van der Waals surface area contributed by atoms with Crippen molar-refractivity contribution in [2.45, 2.75) is 43.4 Å². The second-order valence-corrected chi connectivity index (χ2v) is 6.51. The lowest BCUT2D eigenvalue weighted by Gasteiger charge is -2.43. The molecule has 17 heavy (non-hydrogen) atoms. The van der Waals surface area contributed by atoms with Crippen LogP contribution in [0.15, 0.2) is 12.7 Å². The monoisotopic (exact) mass is 272 g/mol. The van der Waals surface area contributed by atoms with Gasteiger partial charge >= 0.3 is 13.8 Å². The Kier molecular flexibility index (Phi) is 4.12. The number of alkyl halides is 3. The van der Waals surface area contributed by atoms with Crippen LogP contribution in [0, 0.1) is 5.92 Å². The van der Waals surface area contributed by atoms with Crippen LogP contribution < -0.4 is 0 Å². The molecule has 0 amide bonds. The predicted octanol–water partition coefficient (Wildman–Crippen LogP) is 3.23. The number of rotatable bonds is 3. The molecule has 0 saturated heterocycles. The molecule has 0 aliphatic heterocycles. The molecule has 0 aromatic heterocycles. The maximum Gasteiger partial charge on any atom is 0.390 e. The Bertz CT molecular complexity index is 336. The van der Waals surface area contributed by atoms with E-state index in [-0.39, 0.29) is 6.42 Å². The number of hydrogen-bond acceptors (Lipinski definition) is 1. The van der Waals surface area contributed by atoms with Gasteiger partial charge in [-0.05, 0) is 18.8 Å². The van der Waals surface area contributed by atoms with E-state index in [9.17, 15) is 27.5 Å². The maximum atomic E-state index is 12.5. The first kappa shape index (κ1) is 14.7. The van der Waals surface area contributed by atoms with Crippen LogP contribution in [0.1, 0.15) is 32.1 Å². The summed E-state index contributed by atoms with van der Waals surface area (Å²) in [4.78, 5) is 18.6. The third kappa shape index (κ3) is 3.12. The highest BCUT2D eigenvalue weighted by Crippen LogP contribution is 2.63. The van der Waals surface area contributed by atoms with Crippen molar-refractivity contribution in [2.75, 3.05) is 0 Å². The van der Waals surface area contributed by atoms with E-state index in [1.807, 2.05) is 0 Å². The van der Waals surface area contributed by atoms with E-state index < -0.39 is 31.3 Å². The quantitative estimate of drug-likeness (QED) is 0.612. The highest BCUT2D eigenvalue weighted by atomic mass is 31.2. The Labute approximate surface area is 97.9 Å². The predicted molar refractivity (Wildman–Crippen MR) is 57.6 cm³/mol. The van der Waals surface area contributed by atoms with Crippen molar-refractivity contribution in [3.05, 3.63) is 12.7 Å². The largest absolute Gasteiger partial charge is 0.390 e. The first-order valence-corrected chi connectivity index (χ1v) is 6.98. The normalized spacial score (nSPS) is 31.2. The zero-order chi connectivity index (χ0) is 13.3. The minimum absolute atomic E-state index is 0.104. The fourth-order valence-corrected chi connectivity index (χ4v) is 4.12. The zero-order valence-electron chi connectivity index (χ0n) is 9.28. The molecule has 2 atom stereocenters. The van der Waals surface area contributed by atoms with Gasteiger partial charge in [0, 0.05) is 0 Å². The van der Waals surface area contributed by atoms with Crippen LogP contribution in [0.4, 0.5) is 13.2 Å². The van der Waals surface area contributed by atoms with E-state index in [4.69, 9.17) is 0 Å². The summed E-state index contributed by atoms with van der Waals surface area (Å²) < 4.78 is 49.1. The Morgan fingerprint density at radius 2 is 2.00 bits per heavy atom. The minimum Gasteiger partial charge on any atom is -0.324 e. The third-order valence-electron chi connectivity index (χ3n) is 3.44. The number of halogens is 3. The van der Waals surface area contributed by atoms with Gasteiger partial charge < -0.3 is 9.79 Å². The molecule has 2 unspecified atom stereocenters. The first-order valence-electron chi connectivity index (χ1n) is 5.37. The molecule has 100 valence electrons. The summed E-state index contributed by atoms with van der Waals surface area (Å²) in [5.74, 6) is -0.779. The Hall–Kier alpha value is -0.320. The third-order valence-corrected chi connectivity index (χ3v) is 5.31. The molecule has 2 N–H and O–H groups in total. The maximum absolute atomic E-state index is 12.5. The van der Waals surface area contributed by atoms with E-state index in [1.165, 1.54) is 6.08 Å². The van der Waals surface area contributed by atoms with Crippen molar-refractivity contribution in [2.24, 2.45) is 5.92 Å². The number of allylic oxidation sites excluding steroid dienone is 1. The van der Waals surface area contributed by atoms with Gasteiger partial charge in [-0.3, -0.25) is 4.57 Å². The highest BCUT2D eigenvalue weighted by molar-refractivity contribution is 7.53. The number of hydrogen-bond donors (Lipinski definition) is 2. The van der Waals surface area contributed by atoms with Crippen molar-refractivity contribution in [3.8, 4) is 0 Å². The van der Waals surface area contributed by atoms with E-state index in [1.54, 1.807) is 0 Å². The van der Waals surface area contributed by atoms with E-state index in [0.717, 1.165) is 0 Å². The second-order valence-electron chi connectivity index (χ2n) is 4.53. The molecular weight excluding hydrogens is 256 g/mol. The van der Waals surface area contributed by atoms with Crippen molar-refractivity contribution in [1.82, 2.24) is 0 Å². The minimum atomic E-state index is -4.83. The van der Waals surface area contributed by atoms with E-state index >= 15 is 0 Å². The topological polar surface area (TPSA) is 57.5 Å². The molecule has 7 heteroatoms. The molecule has 1 rings (SSSR count). The molecule has 0 radical (unpaired) electrons. The Morgan fingerprint density at radius 1 is 1.41 bits per heavy atom. The van der Waals surface area contributed by atoms with Gasteiger partial charge in [0.05, 0.1) is 11.6 Å². The van der Waals surface area contributed by atoms with Crippen LogP contribution in [0.5, 0.6) is 0 Å². The lowest BCUT2D eigenvalue weighted by Crippen LogP contribution is -2.43. The molecule has 1 fully saturated rings. The molecule has 0 aromatic carbocycles. The van der Waals surface area contributed by atoms with Crippen LogP contribution in [-0.2, 0) is 4.57 Å². The van der Waals surface area contributed by atoms with Crippen LogP contribution in [-0.4, -0.2) is 21.1 Å². The van der Waals surface area contributed by atoms with Gasteiger partial charge in [-0.2, -0.15) is 13.2 Å².